The third-order valence-corrected chi connectivity index (χ3v) is 19.1. The zero-order valence-electron chi connectivity index (χ0n) is 60.0. The first-order valence-electron chi connectivity index (χ1n) is 37.9. The number of carbonyl (C=O) groups excluding carboxylic acids is 4. The van der Waals surface area contributed by atoms with Crippen molar-refractivity contribution >= 4 is 39.5 Å². The number of aliphatic hydroxyl groups is 1. The Morgan fingerprint density at radius 2 is 0.554 bits per heavy atom. The van der Waals surface area contributed by atoms with E-state index < -0.39 is 97.5 Å². The van der Waals surface area contributed by atoms with Crippen molar-refractivity contribution in [3.63, 3.8) is 0 Å². The Bertz CT molecular complexity index is 1800. The van der Waals surface area contributed by atoms with Crippen LogP contribution in [-0.2, 0) is 65.4 Å². The SMILES string of the molecule is CCCCCCCCCCCCC(=O)OC[C@H](COP(=O)(O)OC[C@H](O)COP(=O)(O)OC[C@@H](COC(=O)CCCCCCCCCCCCCC(C)C)OC(=O)CCCCCCCCCCCCCCCCCC(C)C)OC(=O)CCCCCCCCC(C)CC. The van der Waals surface area contributed by atoms with E-state index in [-0.39, 0.29) is 25.7 Å². The van der Waals surface area contributed by atoms with Gasteiger partial charge in [0.15, 0.2) is 12.2 Å². The Morgan fingerprint density at radius 1 is 0.315 bits per heavy atom. The number of phosphoric ester groups is 2. The summed E-state index contributed by atoms with van der Waals surface area (Å²) < 4.78 is 68.4. The van der Waals surface area contributed by atoms with Crippen molar-refractivity contribution in [3.8, 4) is 0 Å². The molecule has 92 heavy (non-hydrogen) atoms. The Kier molecular flexibility index (Phi) is 62.4. The molecule has 0 spiro atoms. The topological polar surface area (TPSA) is 237 Å². The fraction of sp³-hybridized carbons (Fsp3) is 0.945. The molecule has 546 valence electrons. The molecule has 0 radical (unpaired) electrons. The molecule has 0 bridgehead atoms. The second-order valence-electron chi connectivity index (χ2n) is 27.5. The van der Waals surface area contributed by atoms with Gasteiger partial charge in [0.1, 0.15) is 19.3 Å². The maximum absolute atomic E-state index is 13.1. The molecule has 0 aromatic carbocycles. The summed E-state index contributed by atoms with van der Waals surface area (Å²) >= 11 is 0. The second-order valence-corrected chi connectivity index (χ2v) is 30.4. The van der Waals surface area contributed by atoms with Crippen LogP contribution in [0.5, 0.6) is 0 Å². The third-order valence-electron chi connectivity index (χ3n) is 17.2. The second kappa shape index (κ2) is 63.8. The smallest absolute Gasteiger partial charge is 0.462 e. The van der Waals surface area contributed by atoms with Gasteiger partial charge in [0.25, 0.3) is 0 Å². The van der Waals surface area contributed by atoms with E-state index in [1.807, 2.05) is 0 Å². The minimum Gasteiger partial charge on any atom is -0.462 e. The molecular formula is C73H142O17P2. The first-order valence-corrected chi connectivity index (χ1v) is 40.9. The number of phosphoric acid groups is 2. The number of aliphatic hydroxyl groups excluding tert-OH is 1. The quantitative estimate of drug-likeness (QED) is 0.0222. The lowest BCUT2D eigenvalue weighted by atomic mass is 10.00. The monoisotopic (exact) mass is 1350 g/mol. The van der Waals surface area contributed by atoms with Gasteiger partial charge in [0.05, 0.1) is 26.4 Å². The van der Waals surface area contributed by atoms with Crippen molar-refractivity contribution in [1.29, 1.82) is 0 Å². The van der Waals surface area contributed by atoms with Gasteiger partial charge >= 0.3 is 39.5 Å². The van der Waals surface area contributed by atoms with Gasteiger partial charge in [-0.3, -0.25) is 37.3 Å². The molecule has 17 nitrogen and oxygen atoms in total. The number of ether oxygens (including phenoxy) is 4. The number of carbonyl (C=O) groups is 4. The lowest BCUT2D eigenvalue weighted by Crippen LogP contribution is -2.30. The number of esters is 4. The van der Waals surface area contributed by atoms with Crippen LogP contribution in [0.1, 0.15) is 370 Å². The van der Waals surface area contributed by atoms with Crippen LogP contribution in [0.25, 0.3) is 0 Å². The summed E-state index contributed by atoms with van der Waals surface area (Å²) in [5, 5.41) is 10.6. The summed E-state index contributed by atoms with van der Waals surface area (Å²) in [6.45, 7) is 11.8. The van der Waals surface area contributed by atoms with Crippen LogP contribution in [0.4, 0.5) is 0 Å². The Morgan fingerprint density at radius 3 is 0.826 bits per heavy atom. The first kappa shape index (κ1) is 90.1. The van der Waals surface area contributed by atoms with Gasteiger partial charge in [0.2, 0.25) is 0 Å². The predicted octanol–water partition coefficient (Wildman–Crippen LogP) is 21.0. The van der Waals surface area contributed by atoms with Crippen molar-refractivity contribution in [2.75, 3.05) is 39.6 Å². The molecule has 0 aliphatic carbocycles. The summed E-state index contributed by atoms with van der Waals surface area (Å²) in [4.78, 5) is 72.6. The standard InChI is InChI=1S/C73H142O17P2/c1-8-10-11-12-13-14-27-32-40-47-54-70(75)84-61-69(90-73(78)57-50-43-36-35-39-46-53-66(7)9-2)63-88-92(81,82)86-59-67(74)58-85-91(79,80)87-62-68(60-83-71(76)55-48-41-33-28-24-20-22-26-31-38-45-52-65(5)6)89-72(77)56-49-42-34-29-23-19-17-15-16-18-21-25-30-37-44-51-64(3)4/h64-69,74H,8-63H2,1-7H3,(H,79,80)(H,81,82)/t66?,67-,68-,69-/m1/s1. The van der Waals surface area contributed by atoms with Crippen LogP contribution in [0, 0.1) is 17.8 Å². The fourth-order valence-electron chi connectivity index (χ4n) is 11.0. The van der Waals surface area contributed by atoms with Gasteiger partial charge in [-0.05, 0) is 43.4 Å². The number of hydrogen-bond donors (Lipinski definition) is 3. The molecule has 6 atom stereocenters. The lowest BCUT2D eigenvalue weighted by Gasteiger charge is -2.21. The van der Waals surface area contributed by atoms with Gasteiger partial charge in [-0.25, -0.2) is 9.13 Å². The minimum atomic E-state index is -4.96. The van der Waals surface area contributed by atoms with Gasteiger partial charge in [-0.15, -0.1) is 0 Å². The summed E-state index contributed by atoms with van der Waals surface area (Å²) in [6, 6.07) is 0. The number of rotatable bonds is 71. The molecule has 0 aromatic heterocycles. The van der Waals surface area contributed by atoms with Crippen molar-refractivity contribution in [1.82, 2.24) is 0 Å². The molecule has 3 N–H and O–H groups in total. The van der Waals surface area contributed by atoms with Crippen molar-refractivity contribution < 1.29 is 80.2 Å². The van der Waals surface area contributed by atoms with E-state index in [2.05, 4.69) is 48.5 Å². The highest BCUT2D eigenvalue weighted by molar-refractivity contribution is 7.47. The molecule has 0 amide bonds. The highest BCUT2D eigenvalue weighted by atomic mass is 31.2. The maximum Gasteiger partial charge on any atom is 0.472 e. The van der Waals surface area contributed by atoms with Crippen molar-refractivity contribution in [3.05, 3.63) is 0 Å². The third kappa shape index (κ3) is 65.4. The average Bonchev–Trinajstić information content (AvgIpc) is 3.48. The van der Waals surface area contributed by atoms with E-state index in [0.717, 1.165) is 108 Å². The Hall–Kier alpha value is -1.94. The van der Waals surface area contributed by atoms with Crippen LogP contribution in [-0.4, -0.2) is 96.7 Å². The lowest BCUT2D eigenvalue weighted by molar-refractivity contribution is -0.161. The number of hydrogen-bond acceptors (Lipinski definition) is 15. The van der Waals surface area contributed by atoms with E-state index in [1.165, 1.54) is 180 Å². The van der Waals surface area contributed by atoms with Gasteiger partial charge in [-0.2, -0.15) is 0 Å². The van der Waals surface area contributed by atoms with E-state index >= 15 is 0 Å². The normalized spacial score (nSPS) is 14.4. The zero-order chi connectivity index (χ0) is 68.0. The molecule has 0 aromatic rings. The first-order chi connectivity index (χ1) is 44.3. The largest absolute Gasteiger partial charge is 0.472 e. The van der Waals surface area contributed by atoms with Crippen LogP contribution in [0.15, 0.2) is 0 Å². The van der Waals surface area contributed by atoms with Gasteiger partial charge in [0, 0.05) is 25.7 Å². The van der Waals surface area contributed by atoms with Crippen LogP contribution >= 0.6 is 15.6 Å². The highest BCUT2D eigenvalue weighted by Crippen LogP contribution is 2.45. The van der Waals surface area contributed by atoms with Gasteiger partial charge in [-0.1, -0.05) is 318 Å². The molecule has 0 aliphatic heterocycles. The zero-order valence-corrected chi connectivity index (χ0v) is 61.8. The molecule has 0 saturated heterocycles. The highest BCUT2D eigenvalue weighted by Gasteiger charge is 2.30. The van der Waals surface area contributed by atoms with Crippen LogP contribution in [0.2, 0.25) is 0 Å². The van der Waals surface area contributed by atoms with Crippen LogP contribution in [0.3, 0.4) is 0 Å². The van der Waals surface area contributed by atoms with Crippen LogP contribution < -0.4 is 0 Å². The molecule has 3 unspecified atom stereocenters. The van der Waals surface area contributed by atoms with Crippen molar-refractivity contribution in [2.24, 2.45) is 17.8 Å². The van der Waals surface area contributed by atoms with Gasteiger partial charge < -0.3 is 33.8 Å². The van der Waals surface area contributed by atoms with E-state index in [4.69, 9.17) is 37.0 Å². The molecule has 0 fully saturated rings. The summed E-state index contributed by atoms with van der Waals surface area (Å²) in [7, 11) is -9.90. The Labute approximate surface area is 562 Å². The molecule has 0 saturated carbocycles. The van der Waals surface area contributed by atoms with Crippen molar-refractivity contribution in [2.45, 2.75) is 388 Å². The molecule has 0 rings (SSSR count). The predicted molar refractivity (Wildman–Crippen MR) is 372 cm³/mol. The minimum absolute atomic E-state index is 0.103. The van der Waals surface area contributed by atoms with E-state index in [1.54, 1.807) is 0 Å². The molecule has 0 heterocycles. The summed E-state index contributed by atoms with van der Waals surface area (Å²) in [5.41, 5.74) is 0. The van der Waals surface area contributed by atoms with E-state index in [9.17, 15) is 43.2 Å². The maximum atomic E-state index is 13.1. The average molecular weight is 1350 g/mol. The molecular weight excluding hydrogens is 1210 g/mol. The van der Waals surface area contributed by atoms with E-state index in [0.29, 0.717) is 25.7 Å². The fourth-order valence-corrected chi connectivity index (χ4v) is 12.6. The summed E-state index contributed by atoms with van der Waals surface area (Å²) in [6.07, 6.45) is 48.6. The Balaban J connectivity index is 5.23. The molecule has 19 heteroatoms. The molecule has 0 aliphatic rings. The number of unbranched alkanes of at least 4 members (excludes halogenated alkanes) is 38. The summed E-state index contributed by atoms with van der Waals surface area (Å²) in [5.74, 6) is 0.169.